The predicted octanol–water partition coefficient (Wildman–Crippen LogP) is 3.41. The second-order valence-electron chi connectivity index (χ2n) is 5.16. The van der Waals surface area contributed by atoms with Gasteiger partial charge in [0.1, 0.15) is 0 Å². The van der Waals surface area contributed by atoms with E-state index in [1.54, 1.807) is 0 Å². The molecule has 0 saturated heterocycles. The van der Waals surface area contributed by atoms with E-state index < -0.39 is 0 Å². The molecular weight excluding hydrogens is 254 g/mol. The van der Waals surface area contributed by atoms with Crippen LogP contribution in [0.3, 0.4) is 0 Å². The zero-order valence-electron chi connectivity index (χ0n) is 11.4. The summed E-state index contributed by atoms with van der Waals surface area (Å²) in [5.41, 5.74) is 1.28. The van der Waals surface area contributed by atoms with E-state index in [4.69, 9.17) is 0 Å². The number of hydrogen-bond acceptors (Lipinski definition) is 2. The number of benzene rings is 1. The van der Waals surface area contributed by atoms with Crippen molar-refractivity contribution < 1.29 is 4.79 Å². The highest BCUT2D eigenvalue weighted by Gasteiger charge is 2.14. The van der Waals surface area contributed by atoms with E-state index in [2.05, 4.69) is 17.4 Å². The molecule has 1 saturated carbocycles. The molecule has 1 amide bonds. The van der Waals surface area contributed by atoms with Gasteiger partial charge in [-0.05, 0) is 24.8 Å². The van der Waals surface area contributed by atoms with E-state index in [1.807, 2.05) is 30.0 Å². The van der Waals surface area contributed by atoms with Crippen molar-refractivity contribution in [2.75, 3.05) is 12.3 Å². The number of carbonyl (C=O) groups excluding carboxylic acids is 1. The summed E-state index contributed by atoms with van der Waals surface area (Å²) < 4.78 is 0. The van der Waals surface area contributed by atoms with Crippen LogP contribution in [0.2, 0.25) is 0 Å². The molecule has 0 unspecified atom stereocenters. The molecule has 104 valence electrons. The van der Waals surface area contributed by atoms with Gasteiger partial charge >= 0.3 is 0 Å². The maximum absolute atomic E-state index is 11.7. The maximum atomic E-state index is 11.7. The number of carbonyl (C=O) groups is 1. The average molecular weight is 277 g/mol. The first kappa shape index (κ1) is 14.4. The number of hydrogen-bond donors (Lipinski definition) is 1. The van der Waals surface area contributed by atoms with Crippen LogP contribution in [-0.4, -0.2) is 23.5 Å². The van der Waals surface area contributed by atoms with E-state index in [0.29, 0.717) is 11.0 Å². The van der Waals surface area contributed by atoms with Crippen molar-refractivity contribution in [1.82, 2.24) is 5.32 Å². The van der Waals surface area contributed by atoms with Crippen molar-refractivity contribution in [3.63, 3.8) is 0 Å². The maximum Gasteiger partial charge on any atom is 0.230 e. The fourth-order valence-corrected chi connectivity index (χ4v) is 3.62. The SMILES string of the molecule is O=C(CSC1CCCCC1)NCCc1ccccc1. The van der Waals surface area contributed by atoms with Crippen LogP contribution in [0.5, 0.6) is 0 Å². The Bertz CT molecular complexity index is 374. The van der Waals surface area contributed by atoms with Gasteiger partial charge in [0, 0.05) is 11.8 Å². The van der Waals surface area contributed by atoms with Crippen molar-refractivity contribution in [3.8, 4) is 0 Å². The molecule has 3 heteroatoms. The molecule has 1 aliphatic rings. The van der Waals surface area contributed by atoms with Gasteiger partial charge in [-0.25, -0.2) is 0 Å². The van der Waals surface area contributed by atoms with Crippen molar-refractivity contribution >= 4 is 17.7 Å². The second kappa shape index (κ2) is 8.26. The Hall–Kier alpha value is -0.960. The minimum absolute atomic E-state index is 0.187. The van der Waals surface area contributed by atoms with Gasteiger partial charge in [0.15, 0.2) is 0 Å². The Morgan fingerprint density at radius 1 is 1.16 bits per heavy atom. The van der Waals surface area contributed by atoms with Crippen LogP contribution in [0.4, 0.5) is 0 Å². The molecule has 1 aromatic carbocycles. The van der Waals surface area contributed by atoms with E-state index in [9.17, 15) is 4.79 Å². The highest BCUT2D eigenvalue weighted by Crippen LogP contribution is 2.27. The van der Waals surface area contributed by atoms with Gasteiger partial charge < -0.3 is 5.32 Å². The van der Waals surface area contributed by atoms with Crippen molar-refractivity contribution in [3.05, 3.63) is 35.9 Å². The second-order valence-corrected chi connectivity index (χ2v) is 6.45. The number of rotatable bonds is 6. The number of thioether (sulfide) groups is 1. The largest absolute Gasteiger partial charge is 0.355 e. The summed E-state index contributed by atoms with van der Waals surface area (Å²) >= 11 is 1.84. The minimum atomic E-state index is 0.187. The van der Waals surface area contributed by atoms with Crippen LogP contribution in [0.15, 0.2) is 30.3 Å². The molecule has 0 heterocycles. The monoisotopic (exact) mass is 277 g/mol. The van der Waals surface area contributed by atoms with E-state index in [0.717, 1.165) is 13.0 Å². The molecule has 0 spiro atoms. The lowest BCUT2D eigenvalue weighted by molar-refractivity contribution is -0.118. The fraction of sp³-hybridized carbons (Fsp3) is 0.562. The van der Waals surface area contributed by atoms with Gasteiger partial charge in [-0.1, -0.05) is 49.6 Å². The molecule has 1 aliphatic carbocycles. The summed E-state index contributed by atoms with van der Waals surface area (Å²) in [5, 5.41) is 3.73. The molecule has 0 atom stereocenters. The molecule has 1 fully saturated rings. The van der Waals surface area contributed by atoms with Crippen LogP contribution in [0.1, 0.15) is 37.7 Å². The third kappa shape index (κ3) is 5.68. The standard InChI is InChI=1S/C16H23NOS/c18-16(13-19-15-9-5-2-6-10-15)17-12-11-14-7-3-1-4-8-14/h1,3-4,7-8,15H,2,5-6,9-13H2,(H,17,18). The molecule has 2 rings (SSSR count). The lowest BCUT2D eigenvalue weighted by Gasteiger charge is -2.20. The summed E-state index contributed by atoms with van der Waals surface area (Å²) in [6.07, 6.45) is 7.56. The van der Waals surface area contributed by atoms with Crippen molar-refractivity contribution in [2.24, 2.45) is 0 Å². The fourth-order valence-electron chi connectivity index (χ4n) is 2.47. The summed E-state index contributed by atoms with van der Waals surface area (Å²) in [7, 11) is 0. The summed E-state index contributed by atoms with van der Waals surface area (Å²) in [6.45, 7) is 0.744. The number of amides is 1. The van der Waals surface area contributed by atoms with Gasteiger partial charge in [-0.15, -0.1) is 11.8 Å². The van der Waals surface area contributed by atoms with Crippen LogP contribution < -0.4 is 5.32 Å². The first-order valence-corrected chi connectivity index (χ1v) is 8.32. The number of nitrogens with one attached hydrogen (secondary N) is 1. The van der Waals surface area contributed by atoms with Crippen molar-refractivity contribution in [1.29, 1.82) is 0 Å². The Labute approximate surface area is 120 Å². The normalized spacial score (nSPS) is 16.2. The Morgan fingerprint density at radius 2 is 1.89 bits per heavy atom. The highest BCUT2D eigenvalue weighted by atomic mass is 32.2. The molecule has 0 bridgehead atoms. The van der Waals surface area contributed by atoms with Gasteiger partial charge in [-0.3, -0.25) is 4.79 Å². The zero-order valence-corrected chi connectivity index (χ0v) is 12.3. The molecular formula is C16H23NOS. The third-order valence-electron chi connectivity index (χ3n) is 3.58. The molecule has 1 N–H and O–H groups in total. The first-order chi connectivity index (χ1) is 9.34. The molecule has 0 radical (unpaired) electrons. The molecule has 0 aromatic heterocycles. The summed E-state index contributed by atoms with van der Waals surface area (Å²) in [4.78, 5) is 11.7. The predicted molar refractivity (Wildman–Crippen MR) is 82.5 cm³/mol. The van der Waals surface area contributed by atoms with Gasteiger partial charge in [0.05, 0.1) is 5.75 Å². The van der Waals surface area contributed by atoms with Gasteiger partial charge in [0.25, 0.3) is 0 Å². The summed E-state index contributed by atoms with van der Waals surface area (Å²) in [6, 6.07) is 10.3. The molecule has 2 nitrogen and oxygen atoms in total. The van der Waals surface area contributed by atoms with E-state index >= 15 is 0 Å². The van der Waals surface area contributed by atoms with Crippen LogP contribution >= 0.6 is 11.8 Å². The summed E-state index contributed by atoms with van der Waals surface area (Å²) in [5.74, 6) is 0.811. The Morgan fingerprint density at radius 3 is 2.63 bits per heavy atom. The quantitative estimate of drug-likeness (QED) is 0.863. The van der Waals surface area contributed by atoms with E-state index in [-0.39, 0.29) is 5.91 Å². The van der Waals surface area contributed by atoms with Crippen LogP contribution in [0.25, 0.3) is 0 Å². The first-order valence-electron chi connectivity index (χ1n) is 7.27. The molecule has 19 heavy (non-hydrogen) atoms. The zero-order chi connectivity index (χ0) is 13.3. The molecule has 1 aromatic rings. The van der Waals surface area contributed by atoms with E-state index in [1.165, 1.54) is 37.7 Å². The van der Waals surface area contributed by atoms with Crippen LogP contribution in [0, 0.1) is 0 Å². The Kier molecular flexibility index (Phi) is 6.28. The molecule has 0 aliphatic heterocycles. The van der Waals surface area contributed by atoms with Crippen molar-refractivity contribution in [2.45, 2.75) is 43.8 Å². The lowest BCUT2D eigenvalue weighted by atomic mass is 10.0. The smallest absolute Gasteiger partial charge is 0.230 e. The van der Waals surface area contributed by atoms with Gasteiger partial charge in [0.2, 0.25) is 5.91 Å². The van der Waals surface area contributed by atoms with Gasteiger partial charge in [-0.2, -0.15) is 0 Å². The topological polar surface area (TPSA) is 29.1 Å². The third-order valence-corrected chi connectivity index (χ3v) is 4.95. The van der Waals surface area contributed by atoms with Crippen LogP contribution in [-0.2, 0) is 11.2 Å². The average Bonchev–Trinajstić information content (AvgIpc) is 2.47. The highest BCUT2D eigenvalue weighted by molar-refractivity contribution is 8.00. The Balaban J connectivity index is 1.57. The minimum Gasteiger partial charge on any atom is -0.355 e. The lowest BCUT2D eigenvalue weighted by Crippen LogP contribution is -2.28.